The Balaban J connectivity index is 0.000000115. The SMILES string of the molecule is Brc1ccc2c(c1)oc1ccccc12.C.c1ccc(-n2c3ccccc3c3c2ccc2c4ccccc4n(-c4ccc5c(c4)oc4ccccc45)c23)cc1.c1ccc(-n2c3ccccc3c3c4c(ccc32)-c2ccccc2C4)cc1. The van der Waals surface area contributed by atoms with Crippen LogP contribution in [-0.2, 0) is 6.42 Å². The van der Waals surface area contributed by atoms with E-state index in [0.717, 1.165) is 55.4 Å². The van der Waals surface area contributed by atoms with Gasteiger partial charge in [0.25, 0.3) is 0 Å². The summed E-state index contributed by atoms with van der Waals surface area (Å²) in [6.07, 6.45) is 1.02. The van der Waals surface area contributed by atoms with E-state index in [1.165, 1.54) is 104 Å². The van der Waals surface area contributed by atoms with Gasteiger partial charge in [-0.2, -0.15) is 0 Å². The van der Waals surface area contributed by atoms with Crippen LogP contribution in [0, 0.1) is 0 Å². The molecule has 5 aromatic heterocycles. The molecule has 0 atom stereocenters. The Morgan fingerprint density at radius 2 is 0.762 bits per heavy atom. The van der Waals surface area contributed by atoms with E-state index in [9.17, 15) is 0 Å². The molecular weight excluding hydrogens is 1040 g/mol. The van der Waals surface area contributed by atoms with Gasteiger partial charge in [0.05, 0.1) is 33.1 Å². The molecular formula is C74H50BrN3O2. The lowest BCUT2D eigenvalue weighted by atomic mass is 10.0. The molecule has 80 heavy (non-hydrogen) atoms. The van der Waals surface area contributed by atoms with Crippen LogP contribution in [0.2, 0.25) is 0 Å². The number of halogens is 1. The molecule has 5 nitrogen and oxygen atoms in total. The number of para-hydroxylation sites is 7. The zero-order chi connectivity index (χ0) is 52.1. The van der Waals surface area contributed by atoms with Gasteiger partial charge in [-0.05, 0) is 126 Å². The molecule has 0 amide bonds. The monoisotopic (exact) mass is 1090 g/mol. The Bertz CT molecular complexity index is 5250. The maximum Gasteiger partial charge on any atom is 0.137 e. The van der Waals surface area contributed by atoms with Gasteiger partial charge >= 0.3 is 0 Å². The van der Waals surface area contributed by atoms with Gasteiger partial charge in [-0.25, -0.2) is 0 Å². The fourth-order valence-corrected chi connectivity index (χ4v) is 13.1. The number of fused-ring (bicyclic) bond motifs is 20. The van der Waals surface area contributed by atoms with E-state index in [0.29, 0.717) is 0 Å². The van der Waals surface area contributed by atoms with Crippen molar-refractivity contribution in [3.63, 3.8) is 0 Å². The van der Waals surface area contributed by atoms with E-state index in [1.54, 1.807) is 0 Å². The number of hydrogen-bond donors (Lipinski definition) is 0. The highest BCUT2D eigenvalue weighted by atomic mass is 79.9. The molecule has 380 valence electrons. The fraction of sp³-hybridized carbons (Fsp3) is 0.0270. The fourth-order valence-electron chi connectivity index (χ4n) is 12.7. The first kappa shape index (κ1) is 47.3. The first-order chi connectivity index (χ1) is 39.1. The molecule has 0 fully saturated rings. The van der Waals surface area contributed by atoms with E-state index < -0.39 is 0 Å². The molecule has 0 saturated carbocycles. The minimum atomic E-state index is 0. The number of nitrogens with zero attached hydrogens (tertiary/aromatic N) is 3. The van der Waals surface area contributed by atoms with Gasteiger partial charge in [-0.3, -0.25) is 0 Å². The van der Waals surface area contributed by atoms with E-state index in [4.69, 9.17) is 8.83 Å². The maximum atomic E-state index is 6.32. The molecule has 12 aromatic carbocycles. The van der Waals surface area contributed by atoms with Crippen molar-refractivity contribution >= 4 is 125 Å². The number of rotatable bonds is 3. The normalized spacial score (nSPS) is 11.9. The summed E-state index contributed by atoms with van der Waals surface area (Å²) in [5.41, 5.74) is 20.2. The zero-order valence-electron chi connectivity index (χ0n) is 42.6. The summed E-state index contributed by atoms with van der Waals surface area (Å²) in [4.78, 5) is 0. The van der Waals surface area contributed by atoms with Crippen LogP contribution in [0.15, 0.2) is 280 Å². The van der Waals surface area contributed by atoms with Gasteiger partial charge in [-0.1, -0.05) is 187 Å². The maximum absolute atomic E-state index is 6.32. The predicted molar refractivity (Wildman–Crippen MR) is 340 cm³/mol. The molecule has 17 aromatic rings. The average Bonchev–Trinajstić information content (AvgIpc) is 4.38. The highest BCUT2D eigenvalue weighted by Crippen LogP contribution is 2.46. The average molecular weight is 1090 g/mol. The molecule has 0 saturated heterocycles. The van der Waals surface area contributed by atoms with Crippen LogP contribution in [0.25, 0.3) is 137 Å². The molecule has 0 aliphatic heterocycles. The number of hydrogen-bond acceptors (Lipinski definition) is 2. The van der Waals surface area contributed by atoms with E-state index >= 15 is 0 Å². The van der Waals surface area contributed by atoms with Crippen molar-refractivity contribution in [2.75, 3.05) is 0 Å². The molecule has 0 spiro atoms. The van der Waals surface area contributed by atoms with Gasteiger partial charge in [-0.15, -0.1) is 0 Å². The number of furan rings is 2. The summed E-state index contributed by atoms with van der Waals surface area (Å²) in [7, 11) is 0. The van der Waals surface area contributed by atoms with E-state index in [-0.39, 0.29) is 7.43 Å². The molecule has 1 aliphatic carbocycles. The van der Waals surface area contributed by atoms with Crippen LogP contribution < -0.4 is 0 Å². The van der Waals surface area contributed by atoms with Crippen molar-refractivity contribution in [1.82, 2.24) is 13.7 Å². The van der Waals surface area contributed by atoms with Crippen molar-refractivity contribution in [3.8, 4) is 28.2 Å². The largest absolute Gasteiger partial charge is 0.456 e. The van der Waals surface area contributed by atoms with Gasteiger partial charge < -0.3 is 22.5 Å². The second-order valence-corrected chi connectivity index (χ2v) is 21.3. The standard InChI is InChI=1S/C36H22N2O.C25H17N.C12H7BrO.CH4/c1-2-10-23(11-3-1)37-31-16-8-5-14-29(31)35-32(37)21-20-28-25-12-4-7-15-30(25)38(36(28)35)24-18-19-27-26-13-6-9-17-33(26)39-34(27)22-24;1-2-9-18(10-3-1)26-23-13-7-6-12-21(23)25-22-16-17-8-4-5-11-19(17)20(22)14-15-24(25)26;13-8-5-6-10-9-3-1-2-4-11(9)14-12(10)7-8;/h1-22H;1-15H,16H2;1-7H;1H4. The molecule has 0 radical (unpaired) electrons. The molecule has 1 aliphatic rings. The summed E-state index contributed by atoms with van der Waals surface area (Å²) in [5.74, 6) is 0. The first-order valence-electron chi connectivity index (χ1n) is 26.8. The van der Waals surface area contributed by atoms with Crippen LogP contribution >= 0.6 is 15.9 Å². The van der Waals surface area contributed by atoms with Crippen LogP contribution in [0.3, 0.4) is 0 Å². The molecule has 5 heterocycles. The minimum absolute atomic E-state index is 0. The number of aromatic nitrogens is 3. The summed E-state index contributed by atoms with van der Waals surface area (Å²) in [6.45, 7) is 0. The van der Waals surface area contributed by atoms with Gasteiger partial charge in [0.2, 0.25) is 0 Å². The van der Waals surface area contributed by atoms with Crippen LogP contribution in [-0.4, -0.2) is 13.7 Å². The van der Waals surface area contributed by atoms with Crippen LogP contribution in [0.4, 0.5) is 0 Å². The van der Waals surface area contributed by atoms with Gasteiger partial charge in [0, 0.05) is 81.5 Å². The van der Waals surface area contributed by atoms with Gasteiger partial charge in [0.1, 0.15) is 22.3 Å². The van der Waals surface area contributed by atoms with Crippen molar-refractivity contribution in [2.24, 2.45) is 0 Å². The Labute approximate surface area is 469 Å². The smallest absolute Gasteiger partial charge is 0.137 e. The lowest BCUT2D eigenvalue weighted by Crippen LogP contribution is -1.95. The van der Waals surface area contributed by atoms with Crippen molar-refractivity contribution in [2.45, 2.75) is 13.8 Å². The summed E-state index contributed by atoms with van der Waals surface area (Å²) >= 11 is 3.43. The van der Waals surface area contributed by atoms with Crippen LogP contribution in [0.5, 0.6) is 0 Å². The van der Waals surface area contributed by atoms with Crippen molar-refractivity contribution in [3.05, 3.63) is 283 Å². The third-order valence-electron chi connectivity index (χ3n) is 16.1. The second kappa shape index (κ2) is 18.9. The topological polar surface area (TPSA) is 41.1 Å². The predicted octanol–water partition coefficient (Wildman–Crippen LogP) is 21.1. The van der Waals surface area contributed by atoms with E-state index in [1.807, 2.05) is 42.5 Å². The third-order valence-corrected chi connectivity index (χ3v) is 16.6. The Morgan fingerprint density at radius 3 is 1.41 bits per heavy atom. The lowest BCUT2D eigenvalue weighted by molar-refractivity contribution is 0.668. The minimum Gasteiger partial charge on any atom is -0.456 e. The highest BCUT2D eigenvalue weighted by Gasteiger charge is 2.25. The zero-order valence-corrected chi connectivity index (χ0v) is 44.2. The summed E-state index contributed by atoms with van der Waals surface area (Å²) < 4.78 is 20.3. The Kier molecular flexibility index (Phi) is 11.2. The Hall–Kier alpha value is -9.88. The van der Waals surface area contributed by atoms with Crippen LogP contribution in [0.1, 0.15) is 18.6 Å². The first-order valence-corrected chi connectivity index (χ1v) is 27.6. The Morgan fingerprint density at radius 1 is 0.300 bits per heavy atom. The molecule has 6 heteroatoms. The summed E-state index contributed by atoms with van der Waals surface area (Å²) in [5, 5.41) is 12.4. The summed E-state index contributed by atoms with van der Waals surface area (Å²) in [6, 6.07) is 94.6. The molecule has 18 rings (SSSR count). The molecule has 0 bridgehead atoms. The highest BCUT2D eigenvalue weighted by molar-refractivity contribution is 9.10. The number of benzene rings is 12. The lowest BCUT2D eigenvalue weighted by Gasteiger charge is -2.10. The quantitative estimate of drug-likeness (QED) is 0.177. The van der Waals surface area contributed by atoms with Gasteiger partial charge in [0.15, 0.2) is 0 Å². The van der Waals surface area contributed by atoms with E-state index in [2.05, 4.69) is 254 Å². The van der Waals surface area contributed by atoms with Crippen molar-refractivity contribution in [1.29, 1.82) is 0 Å². The molecule has 0 unspecified atom stereocenters. The van der Waals surface area contributed by atoms with Crippen molar-refractivity contribution < 1.29 is 8.83 Å². The third kappa shape index (κ3) is 7.37. The molecule has 0 N–H and O–H groups in total. The second-order valence-electron chi connectivity index (χ2n) is 20.4.